The van der Waals surface area contributed by atoms with Gasteiger partial charge in [-0.1, -0.05) is 12.1 Å². The summed E-state index contributed by atoms with van der Waals surface area (Å²) < 4.78 is 58.8. The summed E-state index contributed by atoms with van der Waals surface area (Å²) in [7, 11) is -1.87. The maximum absolute atomic E-state index is 13.8. The van der Waals surface area contributed by atoms with Crippen molar-refractivity contribution in [2.75, 3.05) is 33.1 Å². The van der Waals surface area contributed by atoms with Crippen LogP contribution in [0.5, 0.6) is 0 Å². The van der Waals surface area contributed by atoms with Gasteiger partial charge in [-0.05, 0) is 31.7 Å². The molecule has 1 atom stereocenters. The quantitative estimate of drug-likeness (QED) is 0.736. The highest BCUT2D eigenvalue weighted by Crippen LogP contribution is 2.43. The van der Waals surface area contributed by atoms with Crippen LogP contribution in [0.4, 0.5) is 8.78 Å². The summed E-state index contributed by atoms with van der Waals surface area (Å²) in [5.74, 6) is -2.25. The predicted octanol–water partition coefficient (Wildman–Crippen LogP) is 1.94. The van der Waals surface area contributed by atoms with Crippen LogP contribution < -0.4 is 0 Å². The van der Waals surface area contributed by atoms with Crippen molar-refractivity contribution in [1.82, 2.24) is 9.21 Å². The minimum Gasteiger partial charge on any atom is -0.383 e. The second-order valence-corrected chi connectivity index (χ2v) is 9.56. The molecule has 1 amide bonds. The number of methoxy groups -OCH3 is 1. The highest BCUT2D eigenvalue weighted by atomic mass is 32.2. The van der Waals surface area contributed by atoms with Gasteiger partial charge in [0.25, 0.3) is 0 Å². The molecule has 9 heteroatoms. The lowest BCUT2D eigenvalue weighted by molar-refractivity contribution is -0.132. The number of benzene rings is 1. The molecule has 1 aromatic rings. The number of halogens is 2. The van der Waals surface area contributed by atoms with Crippen molar-refractivity contribution in [2.24, 2.45) is 0 Å². The van der Waals surface area contributed by atoms with E-state index < -0.39 is 27.2 Å². The largest absolute Gasteiger partial charge is 0.383 e. The number of likely N-dealkylation sites (tertiary alicyclic amines) is 1. The molecule has 0 N–H and O–H groups in total. The fourth-order valence-corrected chi connectivity index (χ4v) is 6.30. The molecule has 3 rings (SSSR count). The van der Waals surface area contributed by atoms with Gasteiger partial charge in [0.2, 0.25) is 15.9 Å². The molecule has 2 aliphatic rings. The highest BCUT2D eigenvalue weighted by molar-refractivity contribution is 7.88. The Kier molecular flexibility index (Phi) is 6.07. The van der Waals surface area contributed by atoms with Gasteiger partial charge in [-0.25, -0.2) is 17.2 Å². The monoisotopic (exact) mass is 416 g/mol. The first-order chi connectivity index (χ1) is 13.2. The molecule has 0 saturated carbocycles. The minimum absolute atomic E-state index is 0.0316. The van der Waals surface area contributed by atoms with E-state index in [1.54, 1.807) is 16.3 Å². The van der Waals surface area contributed by atoms with E-state index in [2.05, 4.69) is 0 Å². The van der Waals surface area contributed by atoms with Crippen molar-refractivity contribution < 1.29 is 26.7 Å². The molecule has 2 aliphatic heterocycles. The van der Waals surface area contributed by atoms with Crippen molar-refractivity contribution >= 4 is 15.9 Å². The molecule has 6 nitrogen and oxygen atoms in total. The van der Waals surface area contributed by atoms with Crippen LogP contribution in [0.15, 0.2) is 18.2 Å². The van der Waals surface area contributed by atoms with E-state index in [1.165, 1.54) is 18.4 Å². The lowest BCUT2D eigenvalue weighted by Crippen LogP contribution is -2.57. The lowest BCUT2D eigenvalue weighted by Gasteiger charge is -2.45. The first kappa shape index (κ1) is 21.1. The van der Waals surface area contributed by atoms with Crippen molar-refractivity contribution in [3.05, 3.63) is 35.4 Å². The highest BCUT2D eigenvalue weighted by Gasteiger charge is 2.52. The van der Waals surface area contributed by atoms with Crippen LogP contribution in [0, 0.1) is 11.6 Å². The second-order valence-electron chi connectivity index (χ2n) is 7.70. The Morgan fingerprint density at radius 2 is 1.93 bits per heavy atom. The number of nitrogens with zero attached hydrogens (tertiary/aromatic N) is 2. The Morgan fingerprint density at radius 1 is 1.25 bits per heavy atom. The maximum atomic E-state index is 13.8. The van der Waals surface area contributed by atoms with E-state index in [9.17, 15) is 22.0 Å². The summed E-state index contributed by atoms with van der Waals surface area (Å²) in [6.45, 7) is 1.12. The SMILES string of the molecule is COC[C@H]1CCC2(CCN(C(=O)Cc3cccc(F)c3F)CC2)N1S(C)(=O)=O. The van der Waals surface area contributed by atoms with Gasteiger partial charge in [0, 0.05) is 37.3 Å². The first-order valence-corrected chi connectivity index (χ1v) is 11.2. The zero-order valence-electron chi connectivity index (χ0n) is 16.2. The van der Waals surface area contributed by atoms with E-state index in [-0.39, 0.29) is 23.9 Å². The van der Waals surface area contributed by atoms with Gasteiger partial charge in [0.1, 0.15) is 0 Å². The van der Waals surface area contributed by atoms with Crippen LogP contribution in [0.2, 0.25) is 0 Å². The van der Waals surface area contributed by atoms with Gasteiger partial charge in [-0.2, -0.15) is 4.31 Å². The van der Waals surface area contributed by atoms with Crippen LogP contribution in [0.1, 0.15) is 31.2 Å². The minimum atomic E-state index is -3.42. The zero-order valence-corrected chi connectivity index (χ0v) is 17.0. The number of rotatable bonds is 5. The Morgan fingerprint density at radius 3 is 2.54 bits per heavy atom. The summed E-state index contributed by atoms with van der Waals surface area (Å²) in [4.78, 5) is 14.2. The number of sulfonamides is 1. The fraction of sp³-hybridized carbons (Fsp3) is 0.632. The zero-order chi connectivity index (χ0) is 20.5. The van der Waals surface area contributed by atoms with E-state index in [0.29, 0.717) is 32.5 Å². The molecule has 0 radical (unpaired) electrons. The molecule has 1 spiro atoms. The van der Waals surface area contributed by atoms with Crippen molar-refractivity contribution in [3.63, 3.8) is 0 Å². The number of amides is 1. The summed E-state index contributed by atoms with van der Waals surface area (Å²) in [6, 6.07) is 3.61. The molecule has 156 valence electrons. The van der Waals surface area contributed by atoms with Gasteiger partial charge in [-0.15, -0.1) is 0 Å². The smallest absolute Gasteiger partial charge is 0.227 e. The van der Waals surface area contributed by atoms with Crippen LogP contribution in [0.25, 0.3) is 0 Å². The Hall–Kier alpha value is -1.58. The first-order valence-electron chi connectivity index (χ1n) is 9.37. The normalized spacial score (nSPS) is 22.7. The fourth-order valence-electron chi connectivity index (χ4n) is 4.62. The van der Waals surface area contributed by atoms with Crippen molar-refractivity contribution in [2.45, 2.75) is 43.7 Å². The average molecular weight is 416 g/mol. The molecular weight excluding hydrogens is 390 g/mol. The summed E-state index contributed by atoms with van der Waals surface area (Å²) in [5, 5.41) is 0. The molecule has 1 aromatic carbocycles. The molecule has 2 saturated heterocycles. The lowest BCUT2D eigenvalue weighted by atomic mass is 9.86. The molecular formula is C19H26F2N2O4S. The van der Waals surface area contributed by atoms with Crippen LogP contribution in [-0.4, -0.2) is 68.2 Å². The van der Waals surface area contributed by atoms with Gasteiger partial charge in [-0.3, -0.25) is 4.79 Å². The molecule has 0 aromatic heterocycles. The molecule has 2 heterocycles. The third-order valence-electron chi connectivity index (χ3n) is 5.88. The van der Waals surface area contributed by atoms with Gasteiger partial charge in [0.05, 0.1) is 19.3 Å². The Bertz CT molecular complexity index is 838. The Labute approximate surface area is 164 Å². The standard InChI is InChI=1S/C19H26F2N2O4S/c1-27-13-15-6-7-19(23(15)28(2,25)26)8-10-22(11-9-19)17(24)12-14-4-3-5-16(20)18(14)21/h3-5,15H,6-13H2,1-2H3/t15-/m1/s1. The van der Waals surface area contributed by atoms with Crippen LogP contribution in [-0.2, 0) is 26.0 Å². The maximum Gasteiger partial charge on any atom is 0.227 e. The van der Waals surface area contributed by atoms with Gasteiger partial charge in [0.15, 0.2) is 11.6 Å². The number of hydrogen-bond donors (Lipinski definition) is 0. The number of carbonyl (C=O) groups is 1. The summed E-state index contributed by atoms with van der Waals surface area (Å²) in [5.41, 5.74) is -0.471. The van der Waals surface area contributed by atoms with E-state index in [1.807, 2.05) is 0 Å². The Balaban J connectivity index is 1.69. The number of piperidine rings is 1. The number of hydrogen-bond acceptors (Lipinski definition) is 4. The summed E-state index contributed by atoms with van der Waals surface area (Å²) in [6.07, 6.45) is 3.51. The number of carbonyl (C=O) groups excluding carboxylic acids is 1. The molecule has 0 unspecified atom stereocenters. The second kappa shape index (κ2) is 8.04. The van der Waals surface area contributed by atoms with Crippen LogP contribution >= 0.6 is 0 Å². The molecule has 28 heavy (non-hydrogen) atoms. The number of ether oxygens (including phenoxy) is 1. The van der Waals surface area contributed by atoms with Crippen LogP contribution in [0.3, 0.4) is 0 Å². The molecule has 0 aliphatic carbocycles. The predicted molar refractivity (Wildman–Crippen MR) is 100 cm³/mol. The third-order valence-corrected chi connectivity index (χ3v) is 7.28. The van der Waals surface area contributed by atoms with E-state index in [4.69, 9.17) is 4.74 Å². The van der Waals surface area contributed by atoms with Gasteiger partial charge >= 0.3 is 0 Å². The van der Waals surface area contributed by atoms with E-state index >= 15 is 0 Å². The van der Waals surface area contributed by atoms with E-state index in [0.717, 1.165) is 18.9 Å². The average Bonchev–Trinajstić information content (AvgIpc) is 2.98. The topological polar surface area (TPSA) is 66.9 Å². The van der Waals surface area contributed by atoms with Gasteiger partial charge < -0.3 is 9.64 Å². The molecule has 0 bridgehead atoms. The van der Waals surface area contributed by atoms with Crippen molar-refractivity contribution in [1.29, 1.82) is 0 Å². The van der Waals surface area contributed by atoms with Crippen molar-refractivity contribution in [3.8, 4) is 0 Å². The summed E-state index contributed by atoms with van der Waals surface area (Å²) >= 11 is 0. The molecule has 2 fully saturated rings. The third kappa shape index (κ3) is 4.06.